The normalized spacial score (nSPS) is 24.5. The summed E-state index contributed by atoms with van der Waals surface area (Å²) < 4.78 is 5.85. The Balaban J connectivity index is 1.70. The molecule has 0 amide bonds. The number of nitrogens with one attached hydrogen (secondary N) is 1. The second kappa shape index (κ2) is 7.14. The number of rotatable bonds is 6. The molecule has 2 heterocycles. The van der Waals surface area contributed by atoms with Crippen LogP contribution in [-0.4, -0.2) is 36.9 Å². The van der Waals surface area contributed by atoms with Crippen molar-refractivity contribution in [1.29, 1.82) is 0 Å². The van der Waals surface area contributed by atoms with Gasteiger partial charge >= 0.3 is 0 Å². The van der Waals surface area contributed by atoms with Gasteiger partial charge in [-0.05, 0) is 30.7 Å². The fourth-order valence-corrected chi connectivity index (χ4v) is 3.34. The van der Waals surface area contributed by atoms with E-state index in [-0.39, 0.29) is 0 Å². The lowest BCUT2D eigenvalue weighted by atomic mass is 9.86. The number of piperidine rings is 1. The summed E-state index contributed by atoms with van der Waals surface area (Å²) >= 11 is 0. The van der Waals surface area contributed by atoms with E-state index in [0.29, 0.717) is 12.0 Å². The van der Waals surface area contributed by atoms with E-state index in [1.54, 1.807) is 0 Å². The SMILES string of the molecule is CCCCOc1cccc(C2NN=C3CCN(CC)CC32)c1. The number of likely N-dealkylation sites (tertiary alicyclic amines) is 1. The average Bonchev–Trinajstić information content (AvgIpc) is 2.98. The fourth-order valence-electron chi connectivity index (χ4n) is 3.34. The molecule has 4 nitrogen and oxygen atoms in total. The van der Waals surface area contributed by atoms with Crippen molar-refractivity contribution < 1.29 is 4.74 Å². The van der Waals surface area contributed by atoms with Crippen molar-refractivity contribution in [3.05, 3.63) is 29.8 Å². The molecule has 0 saturated carbocycles. The maximum atomic E-state index is 5.85. The molecular formula is C18H27N3O. The lowest BCUT2D eigenvalue weighted by Gasteiger charge is -2.32. The highest BCUT2D eigenvalue weighted by molar-refractivity contribution is 5.89. The second-order valence-corrected chi connectivity index (χ2v) is 6.23. The molecule has 2 aliphatic rings. The molecule has 2 atom stereocenters. The summed E-state index contributed by atoms with van der Waals surface area (Å²) in [7, 11) is 0. The summed E-state index contributed by atoms with van der Waals surface area (Å²) in [6, 6.07) is 8.80. The van der Waals surface area contributed by atoms with Crippen LogP contribution < -0.4 is 10.2 Å². The van der Waals surface area contributed by atoms with Crippen LogP contribution in [0.3, 0.4) is 0 Å². The van der Waals surface area contributed by atoms with E-state index in [0.717, 1.165) is 51.3 Å². The summed E-state index contributed by atoms with van der Waals surface area (Å²) in [4.78, 5) is 2.52. The van der Waals surface area contributed by atoms with Crippen molar-refractivity contribution in [3.63, 3.8) is 0 Å². The molecule has 22 heavy (non-hydrogen) atoms. The Morgan fingerprint density at radius 3 is 3.09 bits per heavy atom. The van der Waals surface area contributed by atoms with Gasteiger partial charge in [-0.25, -0.2) is 0 Å². The Kier molecular flexibility index (Phi) is 4.98. The number of hydrogen-bond acceptors (Lipinski definition) is 4. The molecule has 1 fully saturated rings. The Bertz CT molecular complexity index is 529. The van der Waals surface area contributed by atoms with Gasteiger partial charge in [0.1, 0.15) is 5.75 Å². The summed E-state index contributed by atoms with van der Waals surface area (Å²) in [5, 5.41) is 4.59. The minimum absolute atomic E-state index is 0.291. The number of nitrogens with zero attached hydrogens (tertiary/aromatic N) is 2. The molecule has 4 heteroatoms. The molecule has 0 aromatic heterocycles. The van der Waals surface area contributed by atoms with Gasteiger partial charge in [0, 0.05) is 31.1 Å². The van der Waals surface area contributed by atoms with Gasteiger partial charge in [0.05, 0.1) is 12.6 Å². The zero-order valence-electron chi connectivity index (χ0n) is 13.7. The van der Waals surface area contributed by atoms with Crippen molar-refractivity contribution in [2.45, 2.75) is 39.2 Å². The van der Waals surface area contributed by atoms with Crippen LogP contribution in [0.5, 0.6) is 5.75 Å². The Morgan fingerprint density at radius 1 is 1.36 bits per heavy atom. The van der Waals surface area contributed by atoms with Gasteiger partial charge in [-0.1, -0.05) is 32.4 Å². The van der Waals surface area contributed by atoms with E-state index in [9.17, 15) is 0 Å². The van der Waals surface area contributed by atoms with Gasteiger partial charge in [0.15, 0.2) is 0 Å². The molecule has 0 radical (unpaired) electrons. The molecule has 1 aromatic carbocycles. The highest BCUT2D eigenvalue weighted by Gasteiger charge is 2.36. The van der Waals surface area contributed by atoms with Gasteiger partial charge in [-0.3, -0.25) is 0 Å². The van der Waals surface area contributed by atoms with Gasteiger partial charge < -0.3 is 15.1 Å². The average molecular weight is 301 g/mol. The Morgan fingerprint density at radius 2 is 2.27 bits per heavy atom. The number of benzene rings is 1. The highest BCUT2D eigenvalue weighted by atomic mass is 16.5. The topological polar surface area (TPSA) is 36.9 Å². The minimum Gasteiger partial charge on any atom is -0.494 e. The van der Waals surface area contributed by atoms with Crippen LogP contribution in [0.2, 0.25) is 0 Å². The van der Waals surface area contributed by atoms with Crippen LogP contribution in [0.25, 0.3) is 0 Å². The minimum atomic E-state index is 0.291. The zero-order valence-corrected chi connectivity index (χ0v) is 13.7. The van der Waals surface area contributed by atoms with Crippen LogP contribution in [0.15, 0.2) is 29.4 Å². The molecule has 2 aliphatic heterocycles. The van der Waals surface area contributed by atoms with Gasteiger partial charge in [0.2, 0.25) is 0 Å². The number of fused-ring (bicyclic) bond motifs is 1. The highest BCUT2D eigenvalue weighted by Crippen LogP contribution is 2.33. The third kappa shape index (κ3) is 3.27. The molecule has 1 saturated heterocycles. The third-order valence-corrected chi connectivity index (χ3v) is 4.75. The smallest absolute Gasteiger partial charge is 0.119 e. The maximum absolute atomic E-state index is 5.85. The molecule has 2 unspecified atom stereocenters. The first kappa shape index (κ1) is 15.3. The predicted molar refractivity (Wildman–Crippen MR) is 90.4 cm³/mol. The van der Waals surface area contributed by atoms with Crippen molar-refractivity contribution in [3.8, 4) is 5.75 Å². The molecule has 3 rings (SSSR count). The summed E-state index contributed by atoms with van der Waals surface area (Å²) in [5.74, 6) is 1.48. The van der Waals surface area contributed by atoms with Crippen molar-refractivity contribution in [2.24, 2.45) is 11.0 Å². The maximum Gasteiger partial charge on any atom is 0.119 e. The molecule has 120 valence electrons. The van der Waals surface area contributed by atoms with Crippen LogP contribution >= 0.6 is 0 Å². The van der Waals surface area contributed by atoms with E-state index in [2.05, 4.69) is 53.5 Å². The summed E-state index contributed by atoms with van der Waals surface area (Å²) in [6.07, 6.45) is 3.36. The molecule has 1 aromatic rings. The lowest BCUT2D eigenvalue weighted by molar-refractivity contribution is 0.238. The van der Waals surface area contributed by atoms with E-state index in [1.807, 2.05) is 0 Å². The first-order valence-electron chi connectivity index (χ1n) is 8.59. The Hall–Kier alpha value is -1.55. The second-order valence-electron chi connectivity index (χ2n) is 6.23. The molecule has 0 bridgehead atoms. The Labute approximate surface area is 133 Å². The van der Waals surface area contributed by atoms with E-state index in [4.69, 9.17) is 4.74 Å². The lowest BCUT2D eigenvalue weighted by Crippen LogP contribution is -2.41. The van der Waals surface area contributed by atoms with Crippen LogP contribution in [0, 0.1) is 5.92 Å². The van der Waals surface area contributed by atoms with Gasteiger partial charge in [0.25, 0.3) is 0 Å². The number of ether oxygens (including phenoxy) is 1. The molecule has 0 spiro atoms. The van der Waals surface area contributed by atoms with Crippen LogP contribution in [0.1, 0.15) is 44.7 Å². The first-order chi connectivity index (χ1) is 10.8. The molecule has 1 N–H and O–H groups in total. The van der Waals surface area contributed by atoms with Crippen LogP contribution in [-0.2, 0) is 0 Å². The quantitative estimate of drug-likeness (QED) is 0.820. The van der Waals surface area contributed by atoms with Gasteiger partial charge in [-0.15, -0.1) is 0 Å². The van der Waals surface area contributed by atoms with Gasteiger partial charge in [-0.2, -0.15) is 5.10 Å². The molecule has 0 aliphatic carbocycles. The van der Waals surface area contributed by atoms with E-state index in [1.165, 1.54) is 11.3 Å². The fraction of sp³-hybridized carbons (Fsp3) is 0.611. The van der Waals surface area contributed by atoms with Crippen molar-refractivity contribution in [2.75, 3.05) is 26.2 Å². The zero-order chi connectivity index (χ0) is 15.4. The predicted octanol–water partition coefficient (Wildman–Crippen LogP) is 3.21. The van der Waals surface area contributed by atoms with Crippen molar-refractivity contribution in [1.82, 2.24) is 10.3 Å². The summed E-state index contributed by atoms with van der Waals surface area (Å²) in [5.41, 5.74) is 5.99. The largest absolute Gasteiger partial charge is 0.494 e. The van der Waals surface area contributed by atoms with E-state index < -0.39 is 0 Å². The number of hydrogen-bond donors (Lipinski definition) is 1. The standard InChI is InChI=1S/C18H27N3O/c1-3-5-11-22-15-8-6-7-14(12-15)18-16-13-21(4-2)10-9-17(16)19-20-18/h6-8,12,16,18,20H,3-5,9-11,13H2,1-2H3. The van der Waals surface area contributed by atoms with Crippen molar-refractivity contribution >= 4 is 5.71 Å². The molecular weight excluding hydrogens is 274 g/mol. The first-order valence-corrected chi connectivity index (χ1v) is 8.59. The van der Waals surface area contributed by atoms with Crippen LogP contribution in [0.4, 0.5) is 0 Å². The van der Waals surface area contributed by atoms with E-state index >= 15 is 0 Å². The number of unbranched alkanes of at least 4 members (excludes halogenated alkanes) is 1. The monoisotopic (exact) mass is 301 g/mol. The summed E-state index contributed by atoms with van der Waals surface area (Å²) in [6.45, 7) is 8.59. The third-order valence-electron chi connectivity index (χ3n) is 4.75. The number of hydrazone groups is 1.